The van der Waals surface area contributed by atoms with Gasteiger partial charge in [-0.3, -0.25) is 4.79 Å². The van der Waals surface area contributed by atoms with E-state index in [4.69, 9.17) is 5.11 Å². The van der Waals surface area contributed by atoms with Crippen LogP contribution in [0.15, 0.2) is 24.3 Å². The van der Waals surface area contributed by atoms with Gasteiger partial charge in [0.05, 0.1) is 17.3 Å². The van der Waals surface area contributed by atoms with Gasteiger partial charge in [-0.1, -0.05) is 25.5 Å². The largest absolute Gasteiger partial charge is 0.478 e. The Hall–Kier alpha value is -1.88. The second kappa shape index (κ2) is 6.52. The van der Waals surface area contributed by atoms with E-state index in [1.54, 1.807) is 18.2 Å². The van der Waals surface area contributed by atoms with Crippen molar-refractivity contribution in [2.75, 3.05) is 11.9 Å². The van der Waals surface area contributed by atoms with Gasteiger partial charge in [-0.15, -0.1) is 0 Å². The van der Waals surface area contributed by atoms with Crippen molar-refractivity contribution in [3.63, 3.8) is 0 Å². The number of benzene rings is 1. The van der Waals surface area contributed by atoms with E-state index in [0.29, 0.717) is 11.6 Å². The zero-order valence-electron chi connectivity index (χ0n) is 11.6. The van der Waals surface area contributed by atoms with Gasteiger partial charge in [0.2, 0.25) is 5.91 Å². The summed E-state index contributed by atoms with van der Waals surface area (Å²) in [6, 6.07) is 6.22. The van der Waals surface area contributed by atoms with Crippen LogP contribution < -0.4 is 10.6 Å². The number of nitrogens with one attached hydrogen (secondary N) is 2. The SMILES string of the molecule is CCC1CCNC(C(=O)Nc2ccccc2C(=O)O)C1. The average Bonchev–Trinajstić information content (AvgIpc) is 2.47. The Bertz CT molecular complexity index is 502. The van der Waals surface area contributed by atoms with Gasteiger partial charge < -0.3 is 15.7 Å². The number of piperidine rings is 1. The molecule has 0 aliphatic carbocycles. The second-order valence-electron chi connectivity index (χ2n) is 5.15. The van der Waals surface area contributed by atoms with Crippen molar-refractivity contribution < 1.29 is 14.7 Å². The maximum Gasteiger partial charge on any atom is 0.337 e. The number of rotatable bonds is 4. The molecule has 20 heavy (non-hydrogen) atoms. The molecule has 1 saturated heterocycles. The number of carbonyl (C=O) groups is 2. The Morgan fingerprint density at radius 3 is 2.85 bits per heavy atom. The van der Waals surface area contributed by atoms with E-state index in [0.717, 1.165) is 25.8 Å². The number of para-hydroxylation sites is 1. The quantitative estimate of drug-likeness (QED) is 0.787. The summed E-state index contributed by atoms with van der Waals surface area (Å²) in [7, 11) is 0. The standard InChI is InChI=1S/C15H20N2O3/c1-2-10-7-8-16-13(9-10)14(18)17-12-6-4-3-5-11(12)15(19)20/h3-6,10,13,16H,2,7-9H2,1H3,(H,17,18)(H,19,20). The van der Waals surface area contributed by atoms with Crippen LogP contribution in [0.3, 0.4) is 0 Å². The first-order chi connectivity index (χ1) is 9.61. The number of carbonyl (C=O) groups excluding carboxylic acids is 1. The minimum atomic E-state index is -1.04. The van der Waals surface area contributed by atoms with Crippen molar-refractivity contribution in [1.82, 2.24) is 5.32 Å². The van der Waals surface area contributed by atoms with E-state index in [1.807, 2.05) is 0 Å². The zero-order chi connectivity index (χ0) is 14.5. The number of carboxylic acids is 1. The van der Waals surface area contributed by atoms with Crippen molar-refractivity contribution >= 4 is 17.6 Å². The lowest BCUT2D eigenvalue weighted by molar-refractivity contribution is -0.119. The highest BCUT2D eigenvalue weighted by molar-refractivity contribution is 6.02. The number of amides is 1. The normalized spacial score (nSPS) is 22.2. The summed E-state index contributed by atoms with van der Waals surface area (Å²) < 4.78 is 0. The lowest BCUT2D eigenvalue weighted by Gasteiger charge is -2.29. The monoisotopic (exact) mass is 276 g/mol. The van der Waals surface area contributed by atoms with Crippen molar-refractivity contribution in [2.45, 2.75) is 32.2 Å². The Labute approximate surface area is 118 Å². The van der Waals surface area contributed by atoms with E-state index in [-0.39, 0.29) is 17.5 Å². The maximum absolute atomic E-state index is 12.2. The third kappa shape index (κ3) is 3.36. The molecule has 0 spiro atoms. The molecule has 2 atom stereocenters. The first kappa shape index (κ1) is 14.5. The predicted molar refractivity (Wildman–Crippen MR) is 76.8 cm³/mol. The molecule has 1 aliphatic heterocycles. The van der Waals surface area contributed by atoms with Gasteiger partial charge >= 0.3 is 5.97 Å². The molecule has 1 aliphatic rings. The average molecular weight is 276 g/mol. The molecule has 5 nitrogen and oxygen atoms in total. The molecule has 1 aromatic rings. The fourth-order valence-corrected chi connectivity index (χ4v) is 2.57. The highest BCUT2D eigenvalue weighted by Crippen LogP contribution is 2.21. The van der Waals surface area contributed by atoms with Crippen molar-refractivity contribution in [3.05, 3.63) is 29.8 Å². The van der Waals surface area contributed by atoms with Gasteiger partial charge in [-0.2, -0.15) is 0 Å². The minimum absolute atomic E-state index is 0.115. The minimum Gasteiger partial charge on any atom is -0.478 e. The fraction of sp³-hybridized carbons (Fsp3) is 0.467. The topological polar surface area (TPSA) is 78.4 Å². The van der Waals surface area contributed by atoms with Crippen LogP contribution >= 0.6 is 0 Å². The fourth-order valence-electron chi connectivity index (χ4n) is 2.57. The van der Waals surface area contributed by atoms with Crippen LogP contribution in [0.1, 0.15) is 36.5 Å². The molecule has 1 fully saturated rings. The third-order valence-corrected chi connectivity index (χ3v) is 3.82. The van der Waals surface area contributed by atoms with Gasteiger partial charge in [0.25, 0.3) is 0 Å². The van der Waals surface area contributed by atoms with Crippen LogP contribution in [-0.2, 0) is 4.79 Å². The highest BCUT2D eigenvalue weighted by atomic mass is 16.4. The smallest absolute Gasteiger partial charge is 0.337 e. The molecule has 2 unspecified atom stereocenters. The van der Waals surface area contributed by atoms with Crippen LogP contribution in [0.4, 0.5) is 5.69 Å². The summed E-state index contributed by atoms with van der Waals surface area (Å²) in [6.45, 7) is 2.96. The first-order valence-electron chi connectivity index (χ1n) is 6.98. The molecule has 1 aromatic carbocycles. The maximum atomic E-state index is 12.2. The lowest BCUT2D eigenvalue weighted by atomic mass is 9.90. The molecule has 1 heterocycles. The molecule has 0 bridgehead atoms. The van der Waals surface area contributed by atoms with Gasteiger partial charge in [-0.05, 0) is 37.4 Å². The summed E-state index contributed by atoms with van der Waals surface area (Å²) in [6.07, 6.45) is 2.96. The molecule has 1 amide bonds. The van der Waals surface area contributed by atoms with Gasteiger partial charge in [0.1, 0.15) is 0 Å². The van der Waals surface area contributed by atoms with Crippen LogP contribution in [0.2, 0.25) is 0 Å². The second-order valence-corrected chi connectivity index (χ2v) is 5.15. The number of anilines is 1. The summed E-state index contributed by atoms with van der Waals surface area (Å²) in [4.78, 5) is 23.3. The molecule has 3 N–H and O–H groups in total. The summed E-state index contributed by atoms with van der Waals surface area (Å²) in [5.41, 5.74) is 0.467. The molecule has 0 aromatic heterocycles. The first-order valence-corrected chi connectivity index (χ1v) is 6.98. The molecule has 0 saturated carbocycles. The summed E-state index contributed by atoms with van der Waals surface area (Å²) >= 11 is 0. The van der Waals surface area contributed by atoms with Crippen LogP contribution in [0, 0.1) is 5.92 Å². The van der Waals surface area contributed by atoms with Crippen molar-refractivity contribution in [1.29, 1.82) is 0 Å². The summed E-state index contributed by atoms with van der Waals surface area (Å²) in [5.74, 6) is -0.637. The number of hydrogen-bond donors (Lipinski definition) is 3. The molecule has 108 valence electrons. The van der Waals surface area contributed by atoms with Crippen molar-refractivity contribution in [3.8, 4) is 0 Å². The van der Waals surface area contributed by atoms with Crippen LogP contribution in [0.25, 0.3) is 0 Å². The Balaban J connectivity index is 2.06. The Morgan fingerprint density at radius 1 is 1.40 bits per heavy atom. The Morgan fingerprint density at radius 2 is 2.15 bits per heavy atom. The summed E-state index contributed by atoms with van der Waals surface area (Å²) in [5, 5.41) is 15.0. The van der Waals surface area contributed by atoms with Gasteiger partial charge in [-0.25, -0.2) is 4.79 Å². The predicted octanol–water partition coefficient (Wildman–Crippen LogP) is 2.10. The number of carboxylic acid groups (broad SMARTS) is 1. The number of hydrogen-bond acceptors (Lipinski definition) is 3. The van der Waals surface area contributed by atoms with Crippen LogP contribution in [0.5, 0.6) is 0 Å². The van der Waals surface area contributed by atoms with E-state index < -0.39 is 5.97 Å². The van der Waals surface area contributed by atoms with E-state index in [2.05, 4.69) is 17.6 Å². The molecule has 2 rings (SSSR count). The van der Waals surface area contributed by atoms with E-state index >= 15 is 0 Å². The van der Waals surface area contributed by atoms with E-state index in [9.17, 15) is 9.59 Å². The molecule has 5 heteroatoms. The van der Waals surface area contributed by atoms with Gasteiger partial charge in [0, 0.05) is 0 Å². The van der Waals surface area contributed by atoms with Crippen molar-refractivity contribution in [2.24, 2.45) is 5.92 Å². The highest BCUT2D eigenvalue weighted by Gasteiger charge is 2.26. The number of aromatic carboxylic acids is 1. The molecular formula is C15H20N2O3. The lowest BCUT2D eigenvalue weighted by Crippen LogP contribution is -2.46. The molecular weight excluding hydrogens is 256 g/mol. The third-order valence-electron chi connectivity index (χ3n) is 3.82. The van der Waals surface area contributed by atoms with E-state index in [1.165, 1.54) is 6.07 Å². The van der Waals surface area contributed by atoms with Crippen LogP contribution in [-0.4, -0.2) is 29.6 Å². The molecule has 0 radical (unpaired) electrons. The van der Waals surface area contributed by atoms with Gasteiger partial charge in [0.15, 0.2) is 0 Å². The Kier molecular flexibility index (Phi) is 4.74. The zero-order valence-corrected chi connectivity index (χ0v) is 11.6.